The minimum absolute atomic E-state index is 0. The summed E-state index contributed by atoms with van der Waals surface area (Å²) in [7, 11) is 13.6. The molecular weight excluding hydrogens is 675 g/mol. The van der Waals surface area contributed by atoms with Crippen molar-refractivity contribution >= 4 is 25.1 Å². The second-order valence-electron chi connectivity index (χ2n) is 17.9. The summed E-state index contributed by atoms with van der Waals surface area (Å²) in [6, 6.07) is 3.72. The summed E-state index contributed by atoms with van der Waals surface area (Å²) in [5, 5.41) is 0. The van der Waals surface area contributed by atoms with Crippen molar-refractivity contribution in [1.29, 1.82) is 0 Å². The van der Waals surface area contributed by atoms with Gasteiger partial charge in [0.25, 0.3) is 0 Å². The Hall–Kier alpha value is 1.60. The van der Waals surface area contributed by atoms with Gasteiger partial charge in [-0.25, -0.2) is 0 Å². The Labute approximate surface area is 294 Å². The van der Waals surface area contributed by atoms with E-state index in [0.29, 0.717) is 0 Å². The number of hydrogen-bond donors (Lipinski definition) is 0. The molecule has 6 saturated carbocycles. The van der Waals surface area contributed by atoms with Crippen molar-refractivity contribution in [2.45, 2.75) is 152 Å². The van der Waals surface area contributed by atoms with Gasteiger partial charge in [0.1, 0.15) is 0 Å². The van der Waals surface area contributed by atoms with Crippen LogP contribution in [0.15, 0.2) is 0 Å². The van der Waals surface area contributed by atoms with Gasteiger partial charge in [-0.05, 0) is 136 Å². The van der Waals surface area contributed by atoms with Gasteiger partial charge in [-0.1, -0.05) is 65.5 Å². The standard InChI is InChI=1S/C36H62N2Si.2CH3.2ClH.Zr/c1-21-15-17-29-27(19-21)31-23-11-7-9-13-25(23)35(33(31)37(29)3)39(5,6)36-26-14-10-8-12-24(26)32-28-20-22(2)16-18-30(28)38(4)34(32)36;;;;;/h21-36H,7-20H2,1-6H3;2*1H3;2*1H;/q;2*-1;;;+4/p-2. The van der Waals surface area contributed by atoms with Crippen molar-refractivity contribution in [3.63, 3.8) is 0 Å². The van der Waals surface area contributed by atoms with E-state index in [9.17, 15) is 0 Å². The predicted octanol–water partition coefficient (Wildman–Crippen LogP) is 10.8. The number of likely N-dealkylation sites (tertiary alicyclic amines) is 2. The quantitative estimate of drug-likeness (QED) is 0.205. The third kappa shape index (κ3) is 5.72. The monoisotopic (exact) mass is 740 g/mol. The molecule has 6 heteroatoms. The molecule has 16 atom stereocenters. The molecule has 0 radical (unpaired) electrons. The van der Waals surface area contributed by atoms with Gasteiger partial charge in [-0.15, -0.1) is 0 Å². The van der Waals surface area contributed by atoms with Crippen LogP contribution in [0.3, 0.4) is 0 Å². The Morgan fingerprint density at radius 3 is 1.25 bits per heavy atom. The van der Waals surface area contributed by atoms with Crippen LogP contribution in [0.5, 0.6) is 0 Å². The van der Waals surface area contributed by atoms with Gasteiger partial charge < -0.3 is 14.9 Å². The molecule has 0 amide bonds. The van der Waals surface area contributed by atoms with E-state index in [1.54, 1.807) is 64.2 Å². The molecule has 8 fully saturated rings. The molecule has 16 unspecified atom stereocenters. The van der Waals surface area contributed by atoms with Gasteiger partial charge in [0.2, 0.25) is 0 Å². The second kappa shape index (κ2) is 14.4. The van der Waals surface area contributed by atoms with Gasteiger partial charge >= 0.3 is 37.9 Å². The Morgan fingerprint density at radius 2 is 0.886 bits per heavy atom. The van der Waals surface area contributed by atoms with Gasteiger partial charge in [-0.2, -0.15) is 0 Å². The predicted molar refractivity (Wildman–Crippen MR) is 191 cm³/mol. The summed E-state index contributed by atoms with van der Waals surface area (Å²) in [6.45, 7) is 11.2. The number of fused-ring (bicyclic) bond motifs is 10. The van der Waals surface area contributed by atoms with E-state index in [-0.39, 0.29) is 14.9 Å². The Bertz CT molecular complexity index is 895. The van der Waals surface area contributed by atoms with E-state index in [0.717, 1.165) is 94.4 Å². The SMILES string of the molecule is CC1CCC2C(C1)C1C3CCCCC3C([Si](C)(C)C3C4CCCCC4C4C5CC(C)CCC5N(C)C43)C1N2C.[CH3-].[CH3-].[Cl][Zr+2][Cl]. The van der Waals surface area contributed by atoms with Crippen molar-refractivity contribution in [1.82, 2.24) is 9.80 Å². The van der Waals surface area contributed by atoms with Gasteiger partial charge in [0.05, 0.1) is 8.07 Å². The van der Waals surface area contributed by atoms with Crippen LogP contribution in [0, 0.1) is 74.0 Å². The molecule has 0 aromatic carbocycles. The molecule has 252 valence electrons. The Balaban J connectivity index is 0.000000740. The number of nitrogens with zero attached hydrogens (tertiary/aromatic N) is 2. The molecule has 8 rings (SSSR count). The molecule has 8 aliphatic rings. The third-order valence-corrected chi connectivity index (χ3v) is 21.1. The second-order valence-corrected chi connectivity index (χ2v) is 26.6. The van der Waals surface area contributed by atoms with E-state index >= 15 is 0 Å². The first kappa shape index (κ1) is 36.9. The van der Waals surface area contributed by atoms with E-state index in [1.807, 2.05) is 0 Å². The fraction of sp³-hybridized carbons (Fsp3) is 0.947. The van der Waals surface area contributed by atoms with Crippen LogP contribution < -0.4 is 0 Å². The number of hydrogen-bond acceptors (Lipinski definition) is 2. The zero-order valence-corrected chi connectivity index (χ0v) is 34.8. The molecule has 0 aromatic rings. The molecular formula is C38H68Cl2N2SiZr. The molecule has 2 nitrogen and oxygen atoms in total. The first-order valence-electron chi connectivity index (χ1n) is 18.6. The summed E-state index contributed by atoms with van der Waals surface area (Å²) in [5.41, 5.74) is 2.14. The molecule has 0 aromatic heterocycles. The minimum atomic E-state index is -1.55. The molecule has 2 saturated heterocycles. The normalized spacial score (nSPS) is 51.1. The first-order valence-corrected chi connectivity index (χ1v) is 28.1. The molecule has 2 heterocycles. The Morgan fingerprint density at radius 1 is 0.545 bits per heavy atom. The zero-order chi connectivity index (χ0) is 29.5. The van der Waals surface area contributed by atoms with E-state index in [1.165, 1.54) is 25.7 Å². The molecule has 0 bridgehead atoms. The van der Waals surface area contributed by atoms with Crippen LogP contribution in [0.25, 0.3) is 0 Å². The topological polar surface area (TPSA) is 6.48 Å². The van der Waals surface area contributed by atoms with Crippen LogP contribution in [-0.2, 0) is 20.8 Å². The van der Waals surface area contributed by atoms with Crippen molar-refractivity contribution < 1.29 is 20.8 Å². The number of rotatable bonds is 2. The van der Waals surface area contributed by atoms with E-state index in [4.69, 9.17) is 17.0 Å². The van der Waals surface area contributed by atoms with Crippen molar-refractivity contribution in [2.75, 3.05) is 14.1 Å². The Kier molecular flexibility index (Phi) is 12.1. The molecule has 0 spiro atoms. The summed E-state index contributed by atoms with van der Waals surface area (Å²) < 4.78 is 0. The molecule has 0 N–H and O–H groups in total. The van der Waals surface area contributed by atoms with E-state index < -0.39 is 28.9 Å². The summed E-state index contributed by atoms with van der Waals surface area (Å²) >= 11 is -0.826. The van der Waals surface area contributed by atoms with Crippen LogP contribution >= 0.6 is 17.0 Å². The first-order chi connectivity index (χ1) is 20.2. The van der Waals surface area contributed by atoms with Gasteiger partial charge in [-0.3, -0.25) is 9.80 Å². The summed E-state index contributed by atoms with van der Waals surface area (Å²) in [5.74, 6) is 10.4. The van der Waals surface area contributed by atoms with E-state index in [2.05, 4.69) is 50.8 Å². The summed E-state index contributed by atoms with van der Waals surface area (Å²) in [4.78, 5) is 6.20. The van der Waals surface area contributed by atoms with Crippen LogP contribution in [0.1, 0.15) is 104 Å². The average Bonchev–Trinajstić information content (AvgIpc) is 3.66. The molecule has 2 aliphatic heterocycles. The van der Waals surface area contributed by atoms with Gasteiger partial charge in [0.15, 0.2) is 0 Å². The van der Waals surface area contributed by atoms with Crippen molar-refractivity contribution in [2.24, 2.45) is 59.2 Å². The van der Waals surface area contributed by atoms with Crippen LogP contribution in [-0.4, -0.2) is 56.1 Å². The maximum absolute atomic E-state index is 4.93. The molecule has 44 heavy (non-hydrogen) atoms. The maximum atomic E-state index is 4.93. The third-order valence-electron chi connectivity index (χ3n) is 16.1. The van der Waals surface area contributed by atoms with Crippen molar-refractivity contribution in [3.8, 4) is 0 Å². The molecule has 6 aliphatic carbocycles. The van der Waals surface area contributed by atoms with Crippen LogP contribution in [0.2, 0.25) is 24.2 Å². The number of halogens is 2. The zero-order valence-electron chi connectivity index (χ0n) is 29.8. The van der Waals surface area contributed by atoms with Crippen molar-refractivity contribution in [3.05, 3.63) is 14.9 Å². The van der Waals surface area contributed by atoms with Crippen LogP contribution in [0.4, 0.5) is 0 Å². The fourth-order valence-electron chi connectivity index (χ4n) is 15.2. The average molecular weight is 743 g/mol. The summed E-state index contributed by atoms with van der Waals surface area (Å²) in [6.07, 6.45) is 21.6. The van der Waals surface area contributed by atoms with Gasteiger partial charge in [0, 0.05) is 24.2 Å². The fourth-order valence-corrected chi connectivity index (χ4v) is 21.4.